The lowest BCUT2D eigenvalue weighted by Crippen LogP contribution is -2.13. The Kier molecular flexibility index (Phi) is 18.1. The van der Waals surface area contributed by atoms with Crippen LogP contribution in [0.2, 0.25) is 0 Å². The van der Waals surface area contributed by atoms with Crippen LogP contribution in [-0.4, -0.2) is 71.7 Å². The Morgan fingerprint density at radius 1 is 1.14 bits per heavy atom. The number of aldehydes is 1. The summed E-state index contributed by atoms with van der Waals surface area (Å²) in [5, 5.41) is 22.9. The predicted molar refractivity (Wildman–Crippen MR) is 152 cm³/mol. The smallest absolute Gasteiger partial charge is 0.173 e. The first-order valence-corrected chi connectivity index (χ1v) is 12.7. The number of likely N-dealkylation sites (N-methyl/N-ethyl adjacent to an activating group) is 1. The molecule has 3 aromatic rings. The van der Waals surface area contributed by atoms with E-state index in [4.69, 9.17) is 5.11 Å². The van der Waals surface area contributed by atoms with Crippen LogP contribution in [0.3, 0.4) is 0 Å². The van der Waals surface area contributed by atoms with Crippen LogP contribution in [0.15, 0.2) is 41.0 Å². The minimum Gasteiger partial charge on any atom is -0.395 e. The summed E-state index contributed by atoms with van der Waals surface area (Å²) in [6.07, 6.45) is 3.84. The molecule has 0 amide bonds. The molecule has 35 heavy (non-hydrogen) atoms. The number of hydrogen-bond donors (Lipinski definition) is 4. The highest BCUT2D eigenvalue weighted by Gasteiger charge is 2.10. The molecule has 0 atom stereocenters. The largest absolute Gasteiger partial charge is 0.395 e. The predicted octanol–water partition coefficient (Wildman–Crippen LogP) is 4.74. The molecule has 0 radical (unpaired) electrons. The third-order valence-corrected chi connectivity index (χ3v) is 4.56. The number of hydrogen-bond acceptors (Lipinski definition) is 8. The lowest BCUT2D eigenvalue weighted by Gasteiger charge is -2.12. The van der Waals surface area contributed by atoms with Gasteiger partial charge in [0.15, 0.2) is 5.65 Å². The zero-order valence-electron chi connectivity index (χ0n) is 22.1. The Morgan fingerprint density at radius 3 is 2.26 bits per heavy atom. The van der Waals surface area contributed by atoms with E-state index in [1.54, 1.807) is 10.7 Å². The summed E-state index contributed by atoms with van der Waals surface area (Å²) in [6, 6.07) is 10.1. The lowest BCUT2D eigenvalue weighted by atomic mass is 10.2. The molecular weight excluding hydrogens is 510 g/mol. The van der Waals surface area contributed by atoms with Crippen molar-refractivity contribution in [2.24, 2.45) is 0 Å². The normalized spacial score (nSPS) is 9.66. The van der Waals surface area contributed by atoms with Crippen molar-refractivity contribution in [3.05, 3.63) is 46.6 Å². The summed E-state index contributed by atoms with van der Waals surface area (Å²) in [5.74, 6) is 1.51. The van der Waals surface area contributed by atoms with E-state index < -0.39 is 0 Å². The van der Waals surface area contributed by atoms with Crippen molar-refractivity contribution in [2.75, 3.05) is 56.8 Å². The SMILES string of the molecule is CC.CCC.CN(C)CC=O.CNc1ccc(CNc2cc(NCCO)nc3c(Br)cnn23)cc1. The number of anilines is 3. The number of aliphatic hydroxyl groups excluding tert-OH is 1. The van der Waals surface area contributed by atoms with E-state index in [1.165, 1.54) is 6.42 Å². The third-order valence-electron chi connectivity index (χ3n) is 4.00. The Hall–Kier alpha value is -2.69. The molecule has 9 nitrogen and oxygen atoms in total. The van der Waals surface area contributed by atoms with Gasteiger partial charge in [0.2, 0.25) is 0 Å². The molecule has 0 aliphatic carbocycles. The van der Waals surface area contributed by atoms with Gasteiger partial charge in [0.1, 0.15) is 17.9 Å². The van der Waals surface area contributed by atoms with Crippen LogP contribution in [0.4, 0.5) is 17.3 Å². The Bertz CT molecular complexity index is 947. The number of carbonyl (C=O) groups excluding carboxylic acids is 1. The fourth-order valence-corrected chi connectivity index (χ4v) is 2.82. The summed E-state index contributed by atoms with van der Waals surface area (Å²) in [5.41, 5.74) is 2.96. The summed E-state index contributed by atoms with van der Waals surface area (Å²) < 4.78 is 2.56. The molecule has 1 aromatic carbocycles. The average Bonchev–Trinajstić information content (AvgIpc) is 3.24. The molecule has 0 fully saturated rings. The van der Waals surface area contributed by atoms with E-state index in [0.29, 0.717) is 31.1 Å². The lowest BCUT2D eigenvalue weighted by molar-refractivity contribution is -0.108. The van der Waals surface area contributed by atoms with E-state index in [2.05, 4.69) is 67.9 Å². The molecule has 2 aromatic heterocycles. The number of benzene rings is 1. The number of fused-ring (bicyclic) bond motifs is 1. The first-order valence-electron chi connectivity index (χ1n) is 11.9. The van der Waals surface area contributed by atoms with E-state index in [0.717, 1.165) is 27.8 Å². The Balaban J connectivity index is 0.000000894. The highest BCUT2D eigenvalue weighted by atomic mass is 79.9. The van der Waals surface area contributed by atoms with Crippen LogP contribution < -0.4 is 16.0 Å². The summed E-state index contributed by atoms with van der Waals surface area (Å²) in [6.45, 7) is 9.94. The van der Waals surface area contributed by atoms with Gasteiger partial charge in [0, 0.05) is 31.9 Å². The van der Waals surface area contributed by atoms with Gasteiger partial charge in [0.25, 0.3) is 0 Å². The number of carbonyl (C=O) groups is 1. The highest BCUT2D eigenvalue weighted by Crippen LogP contribution is 2.23. The standard InChI is InChI=1S/C16H19BrN6O.C4H9NO.C3H8.C2H6/c1-18-12-4-2-11(3-5-12)9-20-15-8-14(19-6-7-24)22-16-13(17)10-21-23(15)16;1-5(2)3-4-6;1-3-2;1-2/h2-5,8,10,18,20,24H,6-7,9H2,1H3,(H,19,22);4H,3H2,1-2H3;3H2,1-2H3;1-2H3. The number of aliphatic hydroxyl groups is 1. The van der Waals surface area contributed by atoms with E-state index in [1.807, 2.05) is 58.1 Å². The number of nitrogens with one attached hydrogen (secondary N) is 3. The summed E-state index contributed by atoms with van der Waals surface area (Å²) in [7, 11) is 5.61. The minimum absolute atomic E-state index is 0.0495. The average molecular weight is 553 g/mol. The monoisotopic (exact) mass is 551 g/mol. The Morgan fingerprint density at radius 2 is 1.77 bits per heavy atom. The van der Waals surface area contributed by atoms with Crippen LogP contribution in [-0.2, 0) is 11.3 Å². The fourth-order valence-electron chi connectivity index (χ4n) is 2.47. The second-order valence-electron chi connectivity index (χ2n) is 7.34. The topological polar surface area (TPSA) is 107 Å². The van der Waals surface area contributed by atoms with Gasteiger partial charge in [-0.2, -0.15) is 9.61 Å². The van der Waals surface area contributed by atoms with Crippen molar-refractivity contribution in [2.45, 2.75) is 40.7 Å². The number of rotatable bonds is 9. The molecular formula is C25H42BrN7O2. The fraction of sp³-hybridized carbons (Fsp3) is 0.480. The molecule has 2 heterocycles. The molecule has 3 rings (SSSR count). The molecule has 4 N–H and O–H groups in total. The van der Waals surface area contributed by atoms with Crippen molar-refractivity contribution in [1.82, 2.24) is 19.5 Å². The molecule has 196 valence electrons. The van der Waals surface area contributed by atoms with Crippen LogP contribution in [0.5, 0.6) is 0 Å². The van der Waals surface area contributed by atoms with Crippen molar-refractivity contribution >= 4 is 45.2 Å². The zero-order chi connectivity index (χ0) is 26.6. The minimum atomic E-state index is 0.0495. The number of nitrogens with zero attached hydrogens (tertiary/aromatic N) is 4. The van der Waals surface area contributed by atoms with Gasteiger partial charge in [0.05, 0.1) is 23.8 Å². The second kappa shape index (κ2) is 19.6. The van der Waals surface area contributed by atoms with Crippen LogP contribution in [0.25, 0.3) is 5.65 Å². The molecule has 10 heteroatoms. The maximum atomic E-state index is 9.57. The van der Waals surface area contributed by atoms with E-state index in [-0.39, 0.29) is 6.61 Å². The van der Waals surface area contributed by atoms with Gasteiger partial charge in [-0.05, 0) is 47.7 Å². The van der Waals surface area contributed by atoms with Crippen molar-refractivity contribution < 1.29 is 9.90 Å². The van der Waals surface area contributed by atoms with Gasteiger partial charge in [-0.15, -0.1) is 0 Å². The maximum Gasteiger partial charge on any atom is 0.173 e. The first-order chi connectivity index (χ1) is 16.9. The van der Waals surface area contributed by atoms with Gasteiger partial charge >= 0.3 is 0 Å². The molecule has 0 bridgehead atoms. The van der Waals surface area contributed by atoms with Gasteiger partial charge < -0.3 is 30.8 Å². The van der Waals surface area contributed by atoms with Crippen LogP contribution >= 0.6 is 15.9 Å². The molecule has 0 saturated heterocycles. The molecule has 0 saturated carbocycles. The number of halogens is 1. The zero-order valence-corrected chi connectivity index (χ0v) is 23.7. The first kappa shape index (κ1) is 32.3. The third kappa shape index (κ3) is 12.5. The molecule has 0 unspecified atom stereocenters. The Labute approximate surface area is 218 Å². The molecule has 0 aliphatic rings. The van der Waals surface area contributed by atoms with E-state index >= 15 is 0 Å². The maximum absolute atomic E-state index is 9.57. The number of aromatic nitrogens is 3. The summed E-state index contributed by atoms with van der Waals surface area (Å²) >= 11 is 3.46. The quantitative estimate of drug-likeness (QED) is 0.282. The van der Waals surface area contributed by atoms with Crippen molar-refractivity contribution in [1.29, 1.82) is 0 Å². The van der Waals surface area contributed by atoms with Crippen LogP contribution in [0, 0.1) is 0 Å². The van der Waals surface area contributed by atoms with Crippen LogP contribution in [0.1, 0.15) is 39.7 Å². The van der Waals surface area contributed by atoms with Crippen molar-refractivity contribution in [3.63, 3.8) is 0 Å². The van der Waals surface area contributed by atoms with Gasteiger partial charge in [-0.25, -0.2) is 4.98 Å². The van der Waals surface area contributed by atoms with Crippen molar-refractivity contribution in [3.8, 4) is 0 Å². The summed E-state index contributed by atoms with van der Waals surface area (Å²) in [4.78, 5) is 15.9. The molecule has 0 aliphatic heterocycles. The van der Waals surface area contributed by atoms with E-state index in [9.17, 15) is 4.79 Å². The van der Waals surface area contributed by atoms with Gasteiger partial charge in [-0.1, -0.05) is 46.2 Å². The van der Waals surface area contributed by atoms with Gasteiger partial charge in [-0.3, -0.25) is 0 Å². The highest BCUT2D eigenvalue weighted by molar-refractivity contribution is 9.10. The molecule has 0 spiro atoms. The second-order valence-corrected chi connectivity index (χ2v) is 8.20.